The van der Waals surface area contributed by atoms with Crippen molar-refractivity contribution >= 4 is 0 Å². The molecule has 1 aromatic heterocycles. The van der Waals surface area contributed by atoms with Gasteiger partial charge in [-0.05, 0) is 37.5 Å². The second-order valence-corrected chi connectivity index (χ2v) is 6.15. The van der Waals surface area contributed by atoms with Crippen LogP contribution < -0.4 is 0 Å². The number of aryl methyl sites for hydroxylation is 2. The molecule has 0 bridgehead atoms. The number of aromatic nitrogens is 1. The number of aromatic amines is 1. The summed E-state index contributed by atoms with van der Waals surface area (Å²) in [5, 5.41) is 10.7. The zero-order chi connectivity index (χ0) is 16.8. The standard InChI is InChI=1S/C18H18F3NO/c1-11-7-12(2)9-14(8-11)17(23,18(19,20)21)16-10-13-5-3-4-6-15(13)22-16/h3-4,7-10,22-23H,5-6H2,1-2H3. The second-order valence-electron chi connectivity index (χ2n) is 6.15. The average Bonchev–Trinajstić information content (AvgIpc) is 2.88. The Morgan fingerprint density at radius 2 is 1.57 bits per heavy atom. The number of hydrogen-bond acceptors (Lipinski definition) is 1. The molecule has 0 aliphatic heterocycles. The fraction of sp³-hybridized carbons (Fsp3) is 0.333. The quantitative estimate of drug-likeness (QED) is 0.803. The van der Waals surface area contributed by atoms with Gasteiger partial charge in [-0.25, -0.2) is 0 Å². The van der Waals surface area contributed by atoms with Crippen LogP contribution in [0.2, 0.25) is 0 Å². The van der Waals surface area contributed by atoms with Gasteiger partial charge in [0.15, 0.2) is 0 Å². The number of allylic oxidation sites excluding steroid dienone is 2. The normalized spacial score (nSPS) is 17.0. The molecule has 2 nitrogen and oxygen atoms in total. The van der Waals surface area contributed by atoms with Crippen molar-refractivity contribution in [3.8, 4) is 0 Å². The van der Waals surface area contributed by atoms with Crippen molar-refractivity contribution in [2.24, 2.45) is 0 Å². The summed E-state index contributed by atoms with van der Waals surface area (Å²) in [6.07, 6.45) is 0.131. The highest BCUT2D eigenvalue weighted by Crippen LogP contribution is 2.45. The Hall–Kier alpha value is -2.01. The van der Waals surface area contributed by atoms with E-state index in [4.69, 9.17) is 0 Å². The monoisotopic (exact) mass is 321 g/mol. The number of aliphatic hydroxyl groups is 1. The molecule has 3 rings (SSSR count). The minimum absolute atomic E-state index is 0.158. The van der Waals surface area contributed by atoms with Crippen molar-refractivity contribution in [2.45, 2.75) is 38.5 Å². The van der Waals surface area contributed by atoms with Crippen molar-refractivity contribution in [2.75, 3.05) is 0 Å². The van der Waals surface area contributed by atoms with Crippen molar-refractivity contribution < 1.29 is 18.3 Å². The molecule has 1 aliphatic rings. The van der Waals surface area contributed by atoms with Gasteiger partial charge < -0.3 is 10.1 Å². The van der Waals surface area contributed by atoms with E-state index in [-0.39, 0.29) is 11.3 Å². The second kappa shape index (κ2) is 5.27. The van der Waals surface area contributed by atoms with Crippen LogP contribution in [0.1, 0.15) is 33.6 Å². The Morgan fingerprint density at radius 3 is 2.13 bits per heavy atom. The summed E-state index contributed by atoms with van der Waals surface area (Å²) in [4.78, 5) is 2.80. The molecule has 122 valence electrons. The lowest BCUT2D eigenvalue weighted by Gasteiger charge is -2.30. The van der Waals surface area contributed by atoms with Crippen molar-refractivity contribution in [3.05, 3.63) is 70.1 Å². The maximum atomic E-state index is 13.8. The first-order valence-electron chi connectivity index (χ1n) is 7.46. The summed E-state index contributed by atoms with van der Waals surface area (Å²) in [5.41, 5.74) is -0.524. The maximum absolute atomic E-state index is 13.8. The van der Waals surface area contributed by atoms with Gasteiger partial charge in [0.05, 0.1) is 5.69 Å². The predicted molar refractivity (Wildman–Crippen MR) is 82.3 cm³/mol. The zero-order valence-electron chi connectivity index (χ0n) is 13.0. The van der Waals surface area contributed by atoms with Gasteiger partial charge in [0.2, 0.25) is 5.60 Å². The van der Waals surface area contributed by atoms with Crippen LogP contribution in [0, 0.1) is 13.8 Å². The number of alkyl halides is 3. The SMILES string of the molecule is Cc1cc(C)cc(C(O)(c2cc3c([nH]2)CC=CC3)C(F)(F)F)c1. The van der Waals surface area contributed by atoms with Crippen molar-refractivity contribution in [1.29, 1.82) is 0 Å². The molecule has 1 aromatic carbocycles. The van der Waals surface area contributed by atoms with E-state index in [1.165, 1.54) is 18.2 Å². The topological polar surface area (TPSA) is 36.0 Å². The minimum atomic E-state index is -4.83. The number of H-pyrrole nitrogens is 1. The van der Waals surface area contributed by atoms with Gasteiger partial charge in [-0.15, -0.1) is 0 Å². The summed E-state index contributed by atoms with van der Waals surface area (Å²) >= 11 is 0. The van der Waals surface area contributed by atoms with E-state index >= 15 is 0 Å². The fourth-order valence-corrected chi connectivity index (χ4v) is 3.17. The van der Waals surface area contributed by atoms with Crippen LogP contribution in [-0.2, 0) is 18.4 Å². The van der Waals surface area contributed by atoms with Crippen molar-refractivity contribution in [1.82, 2.24) is 4.98 Å². The number of nitrogens with one attached hydrogen (secondary N) is 1. The molecule has 1 aliphatic carbocycles. The summed E-state index contributed by atoms with van der Waals surface area (Å²) in [5.74, 6) is 0. The van der Waals surface area contributed by atoms with E-state index in [1.807, 2.05) is 12.2 Å². The Labute approximate surface area is 132 Å². The molecule has 0 spiro atoms. The third-order valence-electron chi connectivity index (χ3n) is 4.26. The lowest BCUT2D eigenvalue weighted by atomic mass is 9.87. The maximum Gasteiger partial charge on any atom is 0.427 e. The first-order valence-corrected chi connectivity index (χ1v) is 7.46. The summed E-state index contributed by atoms with van der Waals surface area (Å²) in [6, 6.07) is 5.99. The Kier molecular flexibility index (Phi) is 3.64. The van der Waals surface area contributed by atoms with Crippen LogP contribution in [0.25, 0.3) is 0 Å². The summed E-state index contributed by atoms with van der Waals surface area (Å²) in [6.45, 7) is 3.44. The molecule has 0 amide bonds. The minimum Gasteiger partial charge on any atom is -0.371 e. The lowest BCUT2D eigenvalue weighted by molar-refractivity contribution is -0.249. The molecule has 2 aromatic rings. The highest BCUT2D eigenvalue weighted by molar-refractivity contribution is 5.43. The number of benzene rings is 1. The molecule has 2 N–H and O–H groups in total. The third-order valence-corrected chi connectivity index (χ3v) is 4.26. The number of fused-ring (bicyclic) bond motifs is 1. The molecule has 0 fully saturated rings. The van der Waals surface area contributed by atoms with E-state index in [1.54, 1.807) is 19.9 Å². The fourth-order valence-electron chi connectivity index (χ4n) is 3.17. The highest BCUT2D eigenvalue weighted by atomic mass is 19.4. The van der Waals surface area contributed by atoms with Crippen LogP contribution in [0.5, 0.6) is 0 Å². The van der Waals surface area contributed by atoms with Crippen LogP contribution in [0.15, 0.2) is 36.4 Å². The average molecular weight is 321 g/mol. The van der Waals surface area contributed by atoms with Crippen LogP contribution in [-0.4, -0.2) is 16.3 Å². The van der Waals surface area contributed by atoms with Crippen LogP contribution in [0.3, 0.4) is 0 Å². The number of halogens is 3. The number of hydrogen-bond donors (Lipinski definition) is 2. The first-order chi connectivity index (χ1) is 10.7. The molecule has 0 saturated heterocycles. The third kappa shape index (κ3) is 2.59. The Morgan fingerprint density at radius 1 is 0.957 bits per heavy atom. The zero-order valence-corrected chi connectivity index (χ0v) is 13.0. The van der Waals surface area contributed by atoms with E-state index < -0.39 is 11.8 Å². The smallest absolute Gasteiger partial charge is 0.371 e. The van der Waals surface area contributed by atoms with Gasteiger partial charge in [0.25, 0.3) is 0 Å². The molecular formula is C18H18F3NO. The molecule has 23 heavy (non-hydrogen) atoms. The Balaban J connectivity index is 2.19. The Bertz CT molecular complexity index is 727. The molecule has 0 saturated carbocycles. The van der Waals surface area contributed by atoms with Gasteiger partial charge in [-0.2, -0.15) is 13.2 Å². The summed E-state index contributed by atoms with van der Waals surface area (Å²) in [7, 11) is 0. The van der Waals surface area contributed by atoms with Crippen molar-refractivity contribution in [3.63, 3.8) is 0 Å². The van der Waals surface area contributed by atoms with Crippen LogP contribution >= 0.6 is 0 Å². The van der Waals surface area contributed by atoms with Crippen LogP contribution in [0.4, 0.5) is 13.2 Å². The molecule has 1 atom stereocenters. The molecular weight excluding hydrogens is 303 g/mol. The largest absolute Gasteiger partial charge is 0.427 e. The summed E-state index contributed by atoms with van der Waals surface area (Å²) < 4.78 is 41.5. The first kappa shape index (κ1) is 15.9. The highest BCUT2D eigenvalue weighted by Gasteiger charge is 2.57. The van der Waals surface area contributed by atoms with Gasteiger partial charge in [-0.3, -0.25) is 0 Å². The molecule has 1 heterocycles. The lowest BCUT2D eigenvalue weighted by Crippen LogP contribution is -2.43. The van der Waals surface area contributed by atoms with E-state index in [0.717, 1.165) is 11.3 Å². The van der Waals surface area contributed by atoms with Gasteiger partial charge in [0, 0.05) is 12.1 Å². The van der Waals surface area contributed by atoms with Gasteiger partial charge >= 0.3 is 6.18 Å². The molecule has 1 unspecified atom stereocenters. The van der Waals surface area contributed by atoms with E-state index in [2.05, 4.69) is 4.98 Å². The predicted octanol–water partition coefficient (Wildman–Crippen LogP) is 4.08. The van der Waals surface area contributed by atoms with E-state index in [9.17, 15) is 18.3 Å². The molecule has 5 heteroatoms. The van der Waals surface area contributed by atoms with Gasteiger partial charge in [-0.1, -0.05) is 41.5 Å². The number of rotatable bonds is 2. The molecule has 0 radical (unpaired) electrons. The van der Waals surface area contributed by atoms with E-state index in [0.29, 0.717) is 24.0 Å². The van der Waals surface area contributed by atoms with Gasteiger partial charge in [0.1, 0.15) is 0 Å².